The Bertz CT molecular complexity index is 282. The Hall–Kier alpha value is 0.230. The van der Waals surface area contributed by atoms with Crippen LogP contribution in [-0.4, -0.2) is 61.3 Å². The molecule has 2 saturated heterocycles. The molecule has 0 saturated carbocycles. The molecule has 0 amide bonds. The van der Waals surface area contributed by atoms with Crippen molar-refractivity contribution in [2.75, 3.05) is 45.1 Å². The topological polar surface area (TPSA) is 24.5 Å². The van der Waals surface area contributed by atoms with Crippen LogP contribution < -0.4 is 5.32 Å². The summed E-state index contributed by atoms with van der Waals surface area (Å²) in [5, 5.41) is 4.44. The highest BCUT2D eigenvalue weighted by Crippen LogP contribution is 2.34. The van der Waals surface area contributed by atoms with Gasteiger partial charge < -0.3 is 10.1 Å². The Morgan fingerprint density at radius 3 is 2.75 bits per heavy atom. The number of nitrogens with one attached hydrogen (secondary N) is 1. The van der Waals surface area contributed by atoms with Gasteiger partial charge in [-0.15, -0.1) is 0 Å². The lowest BCUT2D eigenvalue weighted by molar-refractivity contribution is -0.00998. The summed E-state index contributed by atoms with van der Waals surface area (Å²) in [5.74, 6) is 1.29. The van der Waals surface area contributed by atoms with Crippen LogP contribution in [0.1, 0.15) is 40.0 Å². The Labute approximate surface area is 129 Å². The van der Waals surface area contributed by atoms with Gasteiger partial charge in [0.1, 0.15) is 0 Å². The van der Waals surface area contributed by atoms with Gasteiger partial charge in [0.15, 0.2) is 0 Å². The summed E-state index contributed by atoms with van der Waals surface area (Å²) in [6.07, 6.45) is 3.66. The normalized spacial score (nSPS) is 31.4. The van der Waals surface area contributed by atoms with Gasteiger partial charge in [-0.1, -0.05) is 13.8 Å². The molecule has 2 aliphatic rings. The van der Waals surface area contributed by atoms with Crippen LogP contribution in [0.4, 0.5) is 0 Å². The van der Waals surface area contributed by atoms with Crippen molar-refractivity contribution in [2.45, 2.75) is 51.3 Å². The molecule has 0 aromatic carbocycles. The van der Waals surface area contributed by atoms with E-state index < -0.39 is 0 Å². The summed E-state index contributed by atoms with van der Waals surface area (Å²) in [5.41, 5.74) is 0.434. The van der Waals surface area contributed by atoms with E-state index in [9.17, 15) is 0 Å². The SMILES string of the molecule is CCCNCC1(CN2CCSC(C)C2C)CCOCC1. The van der Waals surface area contributed by atoms with Crippen molar-refractivity contribution in [1.29, 1.82) is 0 Å². The second kappa shape index (κ2) is 8.02. The largest absolute Gasteiger partial charge is 0.381 e. The Morgan fingerprint density at radius 1 is 1.30 bits per heavy atom. The monoisotopic (exact) mass is 300 g/mol. The fourth-order valence-electron chi connectivity index (χ4n) is 3.38. The lowest BCUT2D eigenvalue weighted by Gasteiger charge is -2.46. The van der Waals surface area contributed by atoms with E-state index in [-0.39, 0.29) is 0 Å². The first-order valence-electron chi connectivity index (χ1n) is 8.31. The lowest BCUT2D eigenvalue weighted by Crippen LogP contribution is -2.53. The van der Waals surface area contributed by atoms with E-state index in [2.05, 4.69) is 42.7 Å². The first kappa shape index (κ1) is 16.6. The Morgan fingerprint density at radius 2 is 2.05 bits per heavy atom. The van der Waals surface area contributed by atoms with Crippen LogP contribution in [0.25, 0.3) is 0 Å². The van der Waals surface area contributed by atoms with E-state index in [1.807, 2.05) is 0 Å². The van der Waals surface area contributed by atoms with Gasteiger partial charge in [0, 0.05) is 49.9 Å². The van der Waals surface area contributed by atoms with Gasteiger partial charge in [0.2, 0.25) is 0 Å². The van der Waals surface area contributed by atoms with Crippen LogP contribution in [0.2, 0.25) is 0 Å². The number of hydrogen-bond donors (Lipinski definition) is 1. The number of hydrogen-bond acceptors (Lipinski definition) is 4. The number of rotatable bonds is 6. The summed E-state index contributed by atoms with van der Waals surface area (Å²) in [4.78, 5) is 2.74. The molecule has 0 aromatic rings. The fraction of sp³-hybridized carbons (Fsp3) is 1.00. The second-order valence-electron chi connectivity index (χ2n) is 6.58. The zero-order chi connectivity index (χ0) is 14.4. The van der Waals surface area contributed by atoms with Crippen LogP contribution in [0.3, 0.4) is 0 Å². The van der Waals surface area contributed by atoms with Crippen LogP contribution in [-0.2, 0) is 4.74 Å². The first-order chi connectivity index (χ1) is 9.67. The minimum atomic E-state index is 0.434. The molecule has 2 aliphatic heterocycles. The Balaban J connectivity index is 1.95. The summed E-state index contributed by atoms with van der Waals surface area (Å²) < 4.78 is 5.62. The van der Waals surface area contributed by atoms with E-state index in [0.29, 0.717) is 11.5 Å². The molecular formula is C16H32N2OS. The summed E-state index contributed by atoms with van der Waals surface area (Å²) in [6, 6.07) is 0.708. The maximum Gasteiger partial charge on any atom is 0.0472 e. The maximum atomic E-state index is 5.62. The van der Waals surface area contributed by atoms with Crippen molar-refractivity contribution in [3.8, 4) is 0 Å². The number of nitrogens with zero attached hydrogens (tertiary/aromatic N) is 1. The van der Waals surface area contributed by atoms with Gasteiger partial charge in [-0.05, 0) is 38.1 Å². The number of thioether (sulfide) groups is 1. The number of ether oxygens (including phenoxy) is 1. The van der Waals surface area contributed by atoms with E-state index in [1.165, 1.54) is 38.1 Å². The zero-order valence-electron chi connectivity index (χ0n) is 13.5. The van der Waals surface area contributed by atoms with E-state index in [0.717, 1.165) is 31.6 Å². The van der Waals surface area contributed by atoms with Crippen LogP contribution in [0.5, 0.6) is 0 Å². The molecule has 1 N–H and O–H groups in total. The first-order valence-corrected chi connectivity index (χ1v) is 9.36. The summed E-state index contributed by atoms with van der Waals surface area (Å²) in [6.45, 7) is 13.7. The van der Waals surface area contributed by atoms with Crippen molar-refractivity contribution in [3.63, 3.8) is 0 Å². The second-order valence-corrected chi connectivity index (χ2v) is 8.06. The molecule has 2 heterocycles. The highest BCUT2D eigenvalue weighted by atomic mass is 32.2. The van der Waals surface area contributed by atoms with E-state index in [1.54, 1.807) is 0 Å². The lowest BCUT2D eigenvalue weighted by atomic mass is 9.79. The van der Waals surface area contributed by atoms with Gasteiger partial charge in [-0.25, -0.2) is 0 Å². The zero-order valence-corrected chi connectivity index (χ0v) is 14.3. The van der Waals surface area contributed by atoms with Crippen LogP contribution >= 0.6 is 11.8 Å². The smallest absolute Gasteiger partial charge is 0.0472 e. The van der Waals surface area contributed by atoms with Gasteiger partial charge in [-0.2, -0.15) is 11.8 Å². The predicted molar refractivity (Wildman–Crippen MR) is 88.6 cm³/mol. The molecule has 0 aromatic heterocycles. The third-order valence-electron chi connectivity index (χ3n) is 5.03. The molecule has 118 valence electrons. The van der Waals surface area contributed by atoms with Crippen LogP contribution in [0, 0.1) is 5.41 Å². The molecule has 2 fully saturated rings. The third-order valence-corrected chi connectivity index (χ3v) is 6.37. The minimum absolute atomic E-state index is 0.434. The van der Waals surface area contributed by atoms with Gasteiger partial charge in [0.05, 0.1) is 0 Å². The summed E-state index contributed by atoms with van der Waals surface area (Å²) >= 11 is 2.13. The average Bonchev–Trinajstić information content (AvgIpc) is 2.45. The Kier molecular flexibility index (Phi) is 6.66. The molecule has 0 aliphatic carbocycles. The van der Waals surface area contributed by atoms with Crippen molar-refractivity contribution < 1.29 is 4.74 Å². The van der Waals surface area contributed by atoms with E-state index >= 15 is 0 Å². The molecule has 2 atom stereocenters. The van der Waals surface area contributed by atoms with Gasteiger partial charge in [-0.3, -0.25) is 4.90 Å². The molecule has 3 nitrogen and oxygen atoms in total. The molecule has 0 spiro atoms. The molecule has 20 heavy (non-hydrogen) atoms. The van der Waals surface area contributed by atoms with Crippen molar-refractivity contribution in [1.82, 2.24) is 10.2 Å². The van der Waals surface area contributed by atoms with Crippen molar-refractivity contribution >= 4 is 11.8 Å². The highest BCUT2D eigenvalue weighted by molar-refractivity contribution is 8.00. The maximum absolute atomic E-state index is 5.62. The van der Waals surface area contributed by atoms with Gasteiger partial charge >= 0.3 is 0 Å². The standard InChI is InChI=1S/C16H32N2OS/c1-4-7-17-12-16(5-9-19-10-6-16)13-18-8-11-20-15(3)14(18)2/h14-15,17H,4-13H2,1-3H3. The fourth-order valence-corrected chi connectivity index (χ4v) is 4.54. The highest BCUT2D eigenvalue weighted by Gasteiger charge is 2.37. The predicted octanol–water partition coefficient (Wildman–Crippen LogP) is 2.61. The molecule has 0 bridgehead atoms. The average molecular weight is 301 g/mol. The van der Waals surface area contributed by atoms with E-state index in [4.69, 9.17) is 4.74 Å². The van der Waals surface area contributed by atoms with Crippen molar-refractivity contribution in [3.05, 3.63) is 0 Å². The van der Waals surface area contributed by atoms with Gasteiger partial charge in [0.25, 0.3) is 0 Å². The quantitative estimate of drug-likeness (QED) is 0.762. The molecule has 4 heteroatoms. The molecule has 0 radical (unpaired) electrons. The third kappa shape index (κ3) is 4.36. The van der Waals surface area contributed by atoms with Crippen molar-refractivity contribution in [2.24, 2.45) is 5.41 Å². The molecular weight excluding hydrogens is 268 g/mol. The van der Waals surface area contributed by atoms with Crippen LogP contribution in [0.15, 0.2) is 0 Å². The minimum Gasteiger partial charge on any atom is -0.381 e. The molecule has 2 unspecified atom stereocenters. The molecule has 2 rings (SSSR count). The summed E-state index contributed by atoms with van der Waals surface area (Å²) in [7, 11) is 0.